The summed E-state index contributed by atoms with van der Waals surface area (Å²) in [5, 5.41) is 52.4. The van der Waals surface area contributed by atoms with E-state index in [1.807, 2.05) is 24.3 Å². The molecule has 0 unspecified atom stereocenters. The second kappa shape index (κ2) is 23.8. The van der Waals surface area contributed by atoms with E-state index in [9.17, 15) is 49.2 Å². The number of para-hydroxylation sites is 1. The highest BCUT2D eigenvalue weighted by Gasteiger charge is 2.32. The molecule has 21 heteroatoms. The van der Waals surface area contributed by atoms with E-state index in [2.05, 4.69) is 36.6 Å². The van der Waals surface area contributed by atoms with Crippen LogP contribution < -0.4 is 49.5 Å². The number of aromatic hydroxyl groups is 1. The summed E-state index contributed by atoms with van der Waals surface area (Å²) in [6.45, 7) is -1.51. The number of hydrogen-bond acceptors (Lipinski definition) is 12. The predicted molar refractivity (Wildman–Crippen MR) is 216 cm³/mol. The molecule has 0 aliphatic carbocycles. The molecule has 0 fully saturated rings. The second-order valence-corrected chi connectivity index (χ2v) is 13.8. The van der Waals surface area contributed by atoms with Crippen molar-refractivity contribution in [3.8, 4) is 5.75 Å². The summed E-state index contributed by atoms with van der Waals surface area (Å²) in [5.74, 6) is -6.13. The smallest absolute Gasteiger partial charge is 0.326 e. The van der Waals surface area contributed by atoms with Gasteiger partial charge < -0.3 is 74.9 Å². The van der Waals surface area contributed by atoms with E-state index in [-0.39, 0.29) is 56.9 Å². The monoisotopic (exact) mass is 825 g/mol. The summed E-state index contributed by atoms with van der Waals surface area (Å²) in [5.41, 5.74) is 24.7. The first-order valence-corrected chi connectivity index (χ1v) is 19.0. The number of unbranched alkanes of at least 4 members (excludes halogenated alkanes) is 1. The molecule has 5 amide bonds. The van der Waals surface area contributed by atoms with Crippen molar-refractivity contribution in [3.63, 3.8) is 0 Å². The molecule has 0 bridgehead atoms. The molecule has 0 saturated carbocycles. The standard InChI is InChI=1S/C38H55N11O10/c39-14-4-3-8-27(33(54)45-28(9-5-15-43-38(41)42)34(55)47-29(37(58)59)16-21-10-12-23(52)13-11-21)46-35(56)31(20-51)49-36(57)30(19-50)48-32(53)25(40)17-22-18-44-26-7-2-1-6-24(22)26/h1-2,6-7,10-13,18,25,27-31,44,50-52H,3-5,8-9,14-17,19-20,39-40H2,(H,45,54)(H,46,56)(H,47,55)(H,48,53)(H,49,57)(H,58,59)(H4,41,42,43)/t25-,27-,28-,29-,30-,31-/m0/s1. The number of aromatic amines is 1. The van der Waals surface area contributed by atoms with Crippen molar-refractivity contribution in [1.29, 1.82) is 0 Å². The normalized spacial score (nSPS) is 14.1. The van der Waals surface area contributed by atoms with E-state index < -0.39 is 85.0 Å². The molecule has 0 radical (unpaired) electrons. The Bertz CT molecular complexity index is 1900. The minimum absolute atomic E-state index is 0.00541. The van der Waals surface area contributed by atoms with E-state index in [1.54, 1.807) is 6.20 Å². The number of carbonyl (C=O) groups excluding carboxylic acids is 5. The Labute approximate surface area is 339 Å². The number of rotatable bonds is 25. The zero-order valence-corrected chi connectivity index (χ0v) is 32.4. The molecule has 1 heterocycles. The third-order valence-corrected chi connectivity index (χ3v) is 9.23. The summed E-state index contributed by atoms with van der Waals surface area (Å²) in [4.78, 5) is 85.9. The van der Waals surface area contributed by atoms with Crippen molar-refractivity contribution < 1.29 is 49.2 Å². The molecule has 21 nitrogen and oxygen atoms in total. The van der Waals surface area contributed by atoms with Crippen molar-refractivity contribution in [3.05, 3.63) is 65.9 Å². The molecule has 0 aliphatic rings. The minimum atomic E-state index is -1.66. The van der Waals surface area contributed by atoms with Gasteiger partial charge in [-0.3, -0.25) is 29.0 Å². The summed E-state index contributed by atoms with van der Waals surface area (Å²) in [6.07, 6.45) is 2.55. The quantitative estimate of drug-likeness (QED) is 0.0226. The number of nitrogens with two attached hydrogens (primary N) is 4. The van der Waals surface area contributed by atoms with E-state index >= 15 is 0 Å². The van der Waals surface area contributed by atoms with Crippen molar-refractivity contribution >= 4 is 52.4 Å². The average Bonchev–Trinajstić information content (AvgIpc) is 3.61. The Hall–Kier alpha value is -6.29. The van der Waals surface area contributed by atoms with Gasteiger partial charge in [-0.15, -0.1) is 0 Å². The van der Waals surface area contributed by atoms with Crippen molar-refractivity contribution in [2.75, 3.05) is 26.3 Å². The lowest BCUT2D eigenvalue weighted by molar-refractivity contribution is -0.142. The molecule has 59 heavy (non-hydrogen) atoms. The van der Waals surface area contributed by atoms with Crippen LogP contribution in [0.1, 0.15) is 43.2 Å². The van der Waals surface area contributed by atoms with Crippen molar-refractivity contribution in [2.24, 2.45) is 27.9 Å². The Morgan fingerprint density at radius 3 is 1.76 bits per heavy atom. The molecule has 322 valence electrons. The number of carbonyl (C=O) groups is 6. The number of H-pyrrole nitrogens is 1. The first kappa shape index (κ1) is 47.1. The van der Waals surface area contributed by atoms with Crippen LogP contribution in [0.15, 0.2) is 59.7 Å². The fourth-order valence-electron chi connectivity index (χ4n) is 5.99. The summed E-state index contributed by atoms with van der Waals surface area (Å²) < 4.78 is 0. The zero-order chi connectivity index (χ0) is 43.5. The third kappa shape index (κ3) is 15.2. The predicted octanol–water partition coefficient (Wildman–Crippen LogP) is -3.34. The number of aliphatic hydroxyl groups is 2. The summed E-state index contributed by atoms with van der Waals surface area (Å²) in [6, 6.07) is 4.65. The molecule has 18 N–H and O–H groups in total. The van der Waals surface area contributed by atoms with Crippen LogP contribution >= 0.6 is 0 Å². The number of carboxylic acids is 1. The summed E-state index contributed by atoms with van der Waals surface area (Å²) in [7, 11) is 0. The number of benzene rings is 2. The van der Waals surface area contributed by atoms with Gasteiger partial charge in [0.2, 0.25) is 29.5 Å². The lowest BCUT2D eigenvalue weighted by atomic mass is 10.0. The van der Waals surface area contributed by atoms with Crippen LogP contribution in [0.4, 0.5) is 0 Å². The highest BCUT2D eigenvalue weighted by atomic mass is 16.4. The molecule has 2 aromatic carbocycles. The molecular weight excluding hydrogens is 770 g/mol. The highest BCUT2D eigenvalue weighted by molar-refractivity contribution is 5.96. The topological polar surface area (TPSA) is 376 Å². The van der Waals surface area contributed by atoms with E-state index in [0.717, 1.165) is 16.5 Å². The number of aliphatic carboxylic acids is 1. The fourth-order valence-corrected chi connectivity index (χ4v) is 5.99. The third-order valence-electron chi connectivity index (χ3n) is 9.23. The van der Waals surface area contributed by atoms with Gasteiger partial charge in [0.25, 0.3) is 0 Å². The molecular formula is C38H55N11O10. The number of phenolic OH excluding ortho intramolecular Hbond substituents is 1. The van der Waals surface area contributed by atoms with Gasteiger partial charge in [-0.1, -0.05) is 30.3 Å². The zero-order valence-electron chi connectivity index (χ0n) is 32.4. The van der Waals surface area contributed by atoms with Crippen molar-refractivity contribution in [2.45, 2.75) is 81.2 Å². The largest absolute Gasteiger partial charge is 0.508 e. The summed E-state index contributed by atoms with van der Waals surface area (Å²) >= 11 is 0. The lowest BCUT2D eigenvalue weighted by Gasteiger charge is -2.26. The first-order chi connectivity index (χ1) is 28.2. The lowest BCUT2D eigenvalue weighted by Crippen LogP contribution is -2.60. The van der Waals surface area contributed by atoms with E-state index in [4.69, 9.17) is 22.9 Å². The van der Waals surface area contributed by atoms with Gasteiger partial charge in [-0.2, -0.15) is 0 Å². The van der Waals surface area contributed by atoms with Crippen LogP contribution in [0.25, 0.3) is 10.9 Å². The molecule has 1 aromatic heterocycles. The van der Waals surface area contributed by atoms with E-state index in [1.165, 1.54) is 24.3 Å². The number of amides is 5. The number of phenols is 1. The SMILES string of the molecule is NCCCC[C@H](NC(=O)[C@H](CO)NC(=O)[C@H](CO)NC(=O)[C@@H](N)Cc1c[nH]c2ccccc12)C(=O)N[C@@H](CCCN=C(N)N)C(=O)N[C@@H](Cc1ccc(O)cc1)C(=O)O. The average molecular weight is 826 g/mol. The first-order valence-electron chi connectivity index (χ1n) is 19.0. The number of aromatic nitrogens is 1. The number of nitrogens with one attached hydrogen (secondary N) is 6. The Kier molecular flexibility index (Phi) is 19.0. The van der Waals surface area contributed by atoms with Crippen LogP contribution in [-0.2, 0) is 41.6 Å². The maximum atomic E-state index is 13.7. The molecule has 0 aliphatic heterocycles. The number of guanidine groups is 1. The van der Waals surface area contributed by atoms with Gasteiger partial charge in [0.1, 0.15) is 36.0 Å². The van der Waals surface area contributed by atoms with Crippen LogP contribution in [0.5, 0.6) is 5.75 Å². The number of fused-ring (bicyclic) bond motifs is 1. The Balaban J connectivity index is 1.70. The number of aliphatic imine (C=N–C) groups is 1. The van der Waals surface area contributed by atoms with Gasteiger partial charge in [-0.05, 0) is 74.4 Å². The van der Waals surface area contributed by atoms with Crippen molar-refractivity contribution in [1.82, 2.24) is 31.6 Å². The van der Waals surface area contributed by atoms with Crippen LogP contribution in [0.3, 0.4) is 0 Å². The number of nitrogens with zero attached hydrogens (tertiary/aromatic N) is 1. The molecule has 0 spiro atoms. The Morgan fingerprint density at radius 2 is 1.20 bits per heavy atom. The second-order valence-electron chi connectivity index (χ2n) is 13.8. The van der Waals surface area contributed by atoms with Crippen LogP contribution in [0, 0.1) is 0 Å². The molecule has 6 atom stereocenters. The fraction of sp³-hybridized carbons (Fsp3) is 0.447. The van der Waals surface area contributed by atoms with Gasteiger partial charge in [0, 0.05) is 30.1 Å². The van der Waals surface area contributed by atoms with Gasteiger partial charge in [0.05, 0.1) is 19.3 Å². The van der Waals surface area contributed by atoms with Crippen LogP contribution in [0.2, 0.25) is 0 Å². The maximum absolute atomic E-state index is 13.7. The molecule has 3 aromatic rings. The number of carboxylic acid groups (broad SMARTS) is 1. The highest BCUT2D eigenvalue weighted by Crippen LogP contribution is 2.19. The minimum Gasteiger partial charge on any atom is -0.508 e. The van der Waals surface area contributed by atoms with Gasteiger partial charge in [0.15, 0.2) is 5.96 Å². The Morgan fingerprint density at radius 1 is 0.678 bits per heavy atom. The number of hydrogen-bond donors (Lipinski definition) is 14. The molecule has 3 rings (SSSR count). The number of aliphatic hydroxyl groups excluding tert-OH is 2. The van der Waals surface area contributed by atoms with Crippen LogP contribution in [-0.4, -0.2) is 129 Å². The van der Waals surface area contributed by atoms with Gasteiger partial charge in [-0.25, -0.2) is 4.79 Å². The molecule has 0 saturated heterocycles. The van der Waals surface area contributed by atoms with E-state index in [0.29, 0.717) is 18.4 Å². The maximum Gasteiger partial charge on any atom is 0.326 e. The van der Waals surface area contributed by atoms with Gasteiger partial charge >= 0.3 is 5.97 Å².